The molecule has 1 aromatic heterocycles. The molecular formula is C19H18N2O2S. The number of aromatic nitrogens is 1. The molecule has 1 heterocycles. The fourth-order valence-electron chi connectivity index (χ4n) is 2.16. The first-order valence-electron chi connectivity index (χ1n) is 7.80. The Morgan fingerprint density at radius 3 is 2.75 bits per heavy atom. The summed E-state index contributed by atoms with van der Waals surface area (Å²) in [6.45, 7) is 0.649. The van der Waals surface area contributed by atoms with Crippen molar-refractivity contribution in [3.05, 3.63) is 66.6 Å². The van der Waals surface area contributed by atoms with E-state index in [0.29, 0.717) is 12.4 Å². The lowest BCUT2D eigenvalue weighted by Gasteiger charge is -2.02. The summed E-state index contributed by atoms with van der Waals surface area (Å²) in [5.74, 6) is 1.27. The van der Waals surface area contributed by atoms with Crippen molar-refractivity contribution in [2.45, 2.75) is 11.3 Å². The van der Waals surface area contributed by atoms with Crippen molar-refractivity contribution in [3.8, 4) is 0 Å². The highest BCUT2D eigenvalue weighted by Crippen LogP contribution is 2.17. The second-order valence-corrected chi connectivity index (χ2v) is 6.33. The first kappa shape index (κ1) is 16.3. The van der Waals surface area contributed by atoms with Gasteiger partial charge in [0.05, 0.1) is 0 Å². The number of rotatable bonds is 7. The third kappa shape index (κ3) is 4.73. The van der Waals surface area contributed by atoms with Gasteiger partial charge in [0.2, 0.25) is 11.8 Å². The van der Waals surface area contributed by atoms with Crippen molar-refractivity contribution >= 4 is 34.8 Å². The molecule has 0 bridgehead atoms. The minimum atomic E-state index is -0.137. The van der Waals surface area contributed by atoms with Gasteiger partial charge >= 0.3 is 0 Å². The van der Waals surface area contributed by atoms with Crippen LogP contribution in [0.2, 0.25) is 0 Å². The molecule has 1 N–H and O–H groups in total. The van der Waals surface area contributed by atoms with E-state index in [4.69, 9.17) is 4.42 Å². The standard InChI is InChI=1S/C19H18N2O2S/c22-18(20-13-6-14-24-15-7-2-1-3-8-15)11-12-19-21-16-9-4-5-10-17(16)23-19/h1-5,7-12H,6,13-14H2,(H,20,22). The number of carbonyl (C=O) groups excluding carboxylic acids is 1. The molecule has 3 rings (SSSR count). The summed E-state index contributed by atoms with van der Waals surface area (Å²) in [4.78, 5) is 17.3. The van der Waals surface area contributed by atoms with Crippen molar-refractivity contribution in [1.82, 2.24) is 10.3 Å². The maximum atomic E-state index is 11.8. The van der Waals surface area contributed by atoms with Crippen molar-refractivity contribution in [1.29, 1.82) is 0 Å². The zero-order valence-electron chi connectivity index (χ0n) is 13.1. The summed E-state index contributed by atoms with van der Waals surface area (Å²) in [7, 11) is 0. The van der Waals surface area contributed by atoms with E-state index in [2.05, 4.69) is 22.4 Å². The van der Waals surface area contributed by atoms with Gasteiger partial charge in [-0.15, -0.1) is 11.8 Å². The molecule has 0 fully saturated rings. The summed E-state index contributed by atoms with van der Waals surface area (Å²) in [5, 5.41) is 2.86. The van der Waals surface area contributed by atoms with Gasteiger partial charge in [-0.1, -0.05) is 30.3 Å². The molecular weight excluding hydrogens is 320 g/mol. The lowest BCUT2D eigenvalue weighted by molar-refractivity contribution is -0.116. The maximum Gasteiger partial charge on any atom is 0.244 e. The highest BCUT2D eigenvalue weighted by atomic mass is 32.2. The second kappa shape index (κ2) is 8.36. The van der Waals surface area contributed by atoms with Crippen LogP contribution in [0.3, 0.4) is 0 Å². The third-order valence-electron chi connectivity index (χ3n) is 3.32. The number of nitrogens with zero attached hydrogens (tertiary/aromatic N) is 1. The summed E-state index contributed by atoms with van der Waals surface area (Å²) >= 11 is 1.79. The normalized spacial score (nSPS) is 11.2. The lowest BCUT2D eigenvalue weighted by atomic mass is 10.3. The van der Waals surface area contributed by atoms with Crippen LogP contribution in [0.5, 0.6) is 0 Å². The van der Waals surface area contributed by atoms with E-state index in [-0.39, 0.29) is 5.91 Å². The van der Waals surface area contributed by atoms with E-state index >= 15 is 0 Å². The predicted octanol–water partition coefficient (Wildman–Crippen LogP) is 4.14. The second-order valence-electron chi connectivity index (χ2n) is 5.16. The molecule has 4 nitrogen and oxygen atoms in total. The molecule has 0 aliphatic heterocycles. The van der Waals surface area contributed by atoms with Crippen LogP contribution < -0.4 is 5.32 Å². The molecule has 0 unspecified atom stereocenters. The van der Waals surface area contributed by atoms with Crippen LogP contribution in [-0.2, 0) is 4.79 Å². The number of hydrogen-bond acceptors (Lipinski definition) is 4. The van der Waals surface area contributed by atoms with Gasteiger partial charge in [0.1, 0.15) is 5.52 Å². The topological polar surface area (TPSA) is 55.1 Å². The van der Waals surface area contributed by atoms with Crippen LogP contribution in [0.15, 0.2) is 70.0 Å². The van der Waals surface area contributed by atoms with E-state index in [1.165, 1.54) is 11.0 Å². The third-order valence-corrected chi connectivity index (χ3v) is 4.42. The monoisotopic (exact) mass is 338 g/mol. The molecule has 1 amide bonds. The zero-order chi connectivity index (χ0) is 16.6. The largest absolute Gasteiger partial charge is 0.437 e. The quantitative estimate of drug-likeness (QED) is 0.400. The van der Waals surface area contributed by atoms with Gasteiger partial charge in [0.25, 0.3) is 0 Å². The SMILES string of the molecule is O=C(C=Cc1nc2ccccc2o1)NCCCSc1ccccc1. The molecule has 0 saturated heterocycles. The van der Waals surface area contributed by atoms with Gasteiger partial charge in [-0.05, 0) is 36.4 Å². The molecule has 0 spiro atoms. The van der Waals surface area contributed by atoms with Crippen molar-refractivity contribution in [2.24, 2.45) is 0 Å². The van der Waals surface area contributed by atoms with E-state index in [1.54, 1.807) is 17.8 Å². The Morgan fingerprint density at radius 1 is 1.12 bits per heavy atom. The summed E-state index contributed by atoms with van der Waals surface area (Å²) in [5.41, 5.74) is 1.51. The molecule has 0 radical (unpaired) electrons. The zero-order valence-corrected chi connectivity index (χ0v) is 14.0. The Bertz CT molecular complexity index is 795. The highest BCUT2D eigenvalue weighted by molar-refractivity contribution is 7.99. The van der Waals surface area contributed by atoms with Gasteiger partial charge in [0.15, 0.2) is 5.58 Å². The molecule has 0 atom stereocenters. The summed E-state index contributed by atoms with van der Waals surface area (Å²) in [6.07, 6.45) is 3.96. The van der Waals surface area contributed by atoms with E-state index in [1.807, 2.05) is 42.5 Å². The minimum absolute atomic E-state index is 0.137. The average Bonchev–Trinajstić information content (AvgIpc) is 3.03. The molecule has 24 heavy (non-hydrogen) atoms. The minimum Gasteiger partial charge on any atom is -0.437 e. The molecule has 0 aliphatic carbocycles. The Kier molecular flexibility index (Phi) is 5.69. The highest BCUT2D eigenvalue weighted by Gasteiger charge is 2.02. The number of benzene rings is 2. The Morgan fingerprint density at radius 2 is 1.92 bits per heavy atom. The molecule has 5 heteroatoms. The first-order valence-corrected chi connectivity index (χ1v) is 8.79. The molecule has 2 aromatic carbocycles. The van der Waals surface area contributed by atoms with E-state index < -0.39 is 0 Å². The van der Waals surface area contributed by atoms with Crippen LogP contribution >= 0.6 is 11.8 Å². The van der Waals surface area contributed by atoms with Gasteiger partial charge in [-0.3, -0.25) is 4.79 Å². The van der Waals surface area contributed by atoms with Crippen LogP contribution in [-0.4, -0.2) is 23.2 Å². The number of nitrogens with one attached hydrogen (secondary N) is 1. The van der Waals surface area contributed by atoms with Crippen LogP contribution in [0.25, 0.3) is 17.2 Å². The fraction of sp³-hybridized carbons (Fsp3) is 0.158. The van der Waals surface area contributed by atoms with Crippen molar-refractivity contribution < 1.29 is 9.21 Å². The van der Waals surface area contributed by atoms with Crippen molar-refractivity contribution in [2.75, 3.05) is 12.3 Å². The molecule has 3 aromatic rings. The lowest BCUT2D eigenvalue weighted by Crippen LogP contribution is -2.22. The summed E-state index contributed by atoms with van der Waals surface area (Å²) in [6, 6.07) is 17.8. The van der Waals surface area contributed by atoms with E-state index in [0.717, 1.165) is 23.3 Å². The van der Waals surface area contributed by atoms with Crippen molar-refractivity contribution in [3.63, 3.8) is 0 Å². The fourth-order valence-corrected chi connectivity index (χ4v) is 3.03. The van der Waals surface area contributed by atoms with Gasteiger partial charge in [0, 0.05) is 23.6 Å². The van der Waals surface area contributed by atoms with Crippen LogP contribution in [0.4, 0.5) is 0 Å². The summed E-state index contributed by atoms with van der Waals surface area (Å²) < 4.78 is 5.53. The number of fused-ring (bicyclic) bond motifs is 1. The Balaban J connectivity index is 1.39. The number of hydrogen-bond donors (Lipinski definition) is 1. The number of carbonyl (C=O) groups is 1. The number of amides is 1. The maximum absolute atomic E-state index is 11.8. The molecule has 122 valence electrons. The van der Waals surface area contributed by atoms with Gasteiger partial charge < -0.3 is 9.73 Å². The van der Waals surface area contributed by atoms with Gasteiger partial charge in [-0.25, -0.2) is 4.98 Å². The number of para-hydroxylation sites is 2. The molecule has 0 saturated carbocycles. The van der Waals surface area contributed by atoms with E-state index in [9.17, 15) is 4.79 Å². The molecule has 0 aliphatic rings. The van der Waals surface area contributed by atoms with Crippen LogP contribution in [0.1, 0.15) is 12.3 Å². The Labute approximate surface area is 145 Å². The Hall–Kier alpha value is -2.53. The van der Waals surface area contributed by atoms with Crippen LogP contribution in [0, 0.1) is 0 Å². The average molecular weight is 338 g/mol. The first-order chi connectivity index (χ1) is 11.8. The smallest absolute Gasteiger partial charge is 0.244 e. The predicted molar refractivity (Wildman–Crippen MR) is 97.8 cm³/mol. The number of oxazole rings is 1. The number of thioether (sulfide) groups is 1. The van der Waals surface area contributed by atoms with Gasteiger partial charge in [-0.2, -0.15) is 0 Å².